The molecule has 0 aliphatic carbocycles. The van der Waals surface area contributed by atoms with Crippen LogP contribution in [-0.2, 0) is 0 Å². The van der Waals surface area contributed by atoms with Gasteiger partial charge in [-0.15, -0.1) is 0 Å². The molecule has 156 valence electrons. The van der Waals surface area contributed by atoms with Crippen molar-refractivity contribution in [3.05, 3.63) is 77.6 Å². The topological polar surface area (TPSA) is 122 Å². The number of carbonyl (C=O) groups is 2. The molecule has 3 aromatic carbocycles. The van der Waals surface area contributed by atoms with Crippen molar-refractivity contribution >= 4 is 45.8 Å². The van der Waals surface area contributed by atoms with Crippen LogP contribution in [0.4, 0.5) is 32.1 Å². The SMILES string of the molecule is Cc1cc(NC(=O)c2cccc3onc(N)c23)ccc1NC(=O)Nc1cccc(F)c1. The predicted octanol–water partition coefficient (Wildman–Crippen LogP) is 4.75. The van der Waals surface area contributed by atoms with Crippen molar-refractivity contribution in [3.63, 3.8) is 0 Å². The number of aryl methyl sites for hydroxylation is 1. The summed E-state index contributed by atoms with van der Waals surface area (Å²) in [6, 6.07) is 15.1. The zero-order valence-electron chi connectivity index (χ0n) is 16.4. The number of hydrogen-bond acceptors (Lipinski definition) is 5. The van der Waals surface area contributed by atoms with Crippen molar-refractivity contribution in [2.75, 3.05) is 21.7 Å². The highest BCUT2D eigenvalue weighted by molar-refractivity contribution is 6.14. The second-order valence-electron chi connectivity index (χ2n) is 6.82. The van der Waals surface area contributed by atoms with Gasteiger partial charge < -0.3 is 26.2 Å². The maximum atomic E-state index is 13.2. The Balaban J connectivity index is 1.46. The van der Waals surface area contributed by atoms with E-state index in [1.165, 1.54) is 18.2 Å². The third-order valence-electron chi connectivity index (χ3n) is 4.58. The van der Waals surface area contributed by atoms with E-state index in [0.29, 0.717) is 33.6 Å². The van der Waals surface area contributed by atoms with E-state index < -0.39 is 11.8 Å². The fourth-order valence-corrected chi connectivity index (χ4v) is 3.14. The number of fused-ring (bicyclic) bond motifs is 1. The summed E-state index contributed by atoms with van der Waals surface area (Å²) in [5.41, 5.74) is 8.69. The zero-order valence-corrected chi connectivity index (χ0v) is 16.4. The molecule has 0 unspecified atom stereocenters. The summed E-state index contributed by atoms with van der Waals surface area (Å²) < 4.78 is 18.3. The molecule has 0 saturated heterocycles. The molecule has 3 amide bonds. The molecule has 8 nitrogen and oxygen atoms in total. The highest BCUT2D eigenvalue weighted by atomic mass is 19.1. The molecule has 0 atom stereocenters. The van der Waals surface area contributed by atoms with E-state index in [4.69, 9.17) is 10.3 Å². The van der Waals surface area contributed by atoms with Gasteiger partial charge >= 0.3 is 6.03 Å². The summed E-state index contributed by atoms with van der Waals surface area (Å²) in [6.45, 7) is 1.78. The van der Waals surface area contributed by atoms with E-state index in [1.54, 1.807) is 49.4 Å². The first-order valence-corrected chi connectivity index (χ1v) is 9.30. The van der Waals surface area contributed by atoms with Crippen LogP contribution in [0.2, 0.25) is 0 Å². The Morgan fingerprint density at radius 2 is 1.74 bits per heavy atom. The van der Waals surface area contributed by atoms with Gasteiger partial charge in [0, 0.05) is 17.1 Å². The lowest BCUT2D eigenvalue weighted by Crippen LogP contribution is -2.20. The van der Waals surface area contributed by atoms with E-state index >= 15 is 0 Å². The van der Waals surface area contributed by atoms with Crippen LogP contribution in [0.1, 0.15) is 15.9 Å². The fraction of sp³-hybridized carbons (Fsp3) is 0.0455. The van der Waals surface area contributed by atoms with Gasteiger partial charge in [0.2, 0.25) is 0 Å². The first-order chi connectivity index (χ1) is 14.9. The predicted molar refractivity (Wildman–Crippen MR) is 117 cm³/mol. The number of benzene rings is 3. The van der Waals surface area contributed by atoms with Crippen LogP contribution in [-0.4, -0.2) is 17.1 Å². The average molecular weight is 419 g/mol. The van der Waals surface area contributed by atoms with E-state index in [1.807, 2.05) is 0 Å². The van der Waals surface area contributed by atoms with Crippen molar-refractivity contribution in [1.29, 1.82) is 0 Å². The van der Waals surface area contributed by atoms with Crippen LogP contribution < -0.4 is 21.7 Å². The van der Waals surface area contributed by atoms with Crippen molar-refractivity contribution in [2.24, 2.45) is 0 Å². The van der Waals surface area contributed by atoms with Crippen LogP contribution >= 0.6 is 0 Å². The summed E-state index contributed by atoms with van der Waals surface area (Å²) in [5, 5.41) is 12.2. The largest absolute Gasteiger partial charge is 0.380 e. The van der Waals surface area contributed by atoms with Gasteiger partial charge in [-0.3, -0.25) is 4.79 Å². The monoisotopic (exact) mass is 419 g/mol. The zero-order chi connectivity index (χ0) is 22.0. The fourth-order valence-electron chi connectivity index (χ4n) is 3.14. The molecular formula is C22H18FN5O3. The van der Waals surface area contributed by atoms with Gasteiger partial charge in [-0.1, -0.05) is 17.3 Å². The standard InChI is InChI=1S/C22H18FN5O3/c1-12-10-15(25-21(29)16-6-3-7-18-19(16)20(24)28-31-18)8-9-17(12)27-22(30)26-14-5-2-4-13(23)11-14/h2-11H,1H3,(H2,24,28)(H,25,29)(H2,26,27,30). The Hall–Kier alpha value is -4.40. The van der Waals surface area contributed by atoms with Gasteiger partial charge in [-0.05, 0) is 61.0 Å². The highest BCUT2D eigenvalue weighted by Gasteiger charge is 2.16. The number of nitrogens with two attached hydrogens (primary N) is 1. The van der Waals surface area contributed by atoms with Crippen molar-refractivity contribution in [3.8, 4) is 0 Å². The van der Waals surface area contributed by atoms with Crippen LogP contribution in [0.5, 0.6) is 0 Å². The molecule has 4 aromatic rings. The minimum absolute atomic E-state index is 0.140. The molecule has 0 aliphatic rings. The maximum Gasteiger partial charge on any atom is 0.323 e. The minimum Gasteiger partial charge on any atom is -0.380 e. The molecule has 4 rings (SSSR count). The third-order valence-corrected chi connectivity index (χ3v) is 4.58. The van der Waals surface area contributed by atoms with E-state index in [9.17, 15) is 14.0 Å². The van der Waals surface area contributed by atoms with Crippen molar-refractivity contribution in [1.82, 2.24) is 5.16 Å². The molecule has 0 saturated carbocycles. The summed E-state index contributed by atoms with van der Waals surface area (Å²) in [6.07, 6.45) is 0. The summed E-state index contributed by atoms with van der Waals surface area (Å²) in [5.74, 6) is -0.678. The number of urea groups is 1. The molecule has 31 heavy (non-hydrogen) atoms. The lowest BCUT2D eigenvalue weighted by atomic mass is 10.1. The van der Waals surface area contributed by atoms with Gasteiger partial charge in [0.05, 0.1) is 10.9 Å². The number of carbonyl (C=O) groups excluding carboxylic acids is 2. The molecule has 9 heteroatoms. The number of nitrogen functional groups attached to an aromatic ring is 1. The lowest BCUT2D eigenvalue weighted by molar-refractivity contribution is 0.102. The Morgan fingerprint density at radius 3 is 2.52 bits per heavy atom. The quantitative estimate of drug-likeness (QED) is 0.380. The van der Waals surface area contributed by atoms with E-state index in [-0.39, 0.29) is 11.7 Å². The molecule has 1 heterocycles. The Kier molecular flexibility index (Phi) is 5.23. The number of halogens is 1. The average Bonchev–Trinajstić information content (AvgIpc) is 3.11. The molecule has 0 fully saturated rings. The smallest absolute Gasteiger partial charge is 0.323 e. The lowest BCUT2D eigenvalue weighted by Gasteiger charge is -2.12. The molecule has 0 radical (unpaired) electrons. The van der Waals surface area contributed by atoms with Crippen LogP contribution in [0.15, 0.2) is 65.2 Å². The third kappa shape index (κ3) is 4.30. The van der Waals surface area contributed by atoms with Crippen LogP contribution in [0.25, 0.3) is 11.0 Å². The first-order valence-electron chi connectivity index (χ1n) is 9.30. The molecule has 5 N–H and O–H groups in total. The van der Waals surface area contributed by atoms with Crippen LogP contribution in [0.3, 0.4) is 0 Å². The number of nitrogens with zero attached hydrogens (tertiary/aromatic N) is 1. The summed E-state index contributed by atoms with van der Waals surface area (Å²) >= 11 is 0. The normalized spacial score (nSPS) is 10.6. The molecule has 0 bridgehead atoms. The second-order valence-corrected chi connectivity index (χ2v) is 6.82. The van der Waals surface area contributed by atoms with Crippen molar-refractivity contribution in [2.45, 2.75) is 6.92 Å². The summed E-state index contributed by atoms with van der Waals surface area (Å²) in [4.78, 5) is 24.9. The number of amides is 3. The van der Waals surface area contributed by atoms with Crippen LogP contribution in [0, 0.1) is 12.7 Å². The first kappa shape index (κ1) is 19.9. The van der Waals surface area contributed by atoms with Gasteiger partial charge in [0.1, 0.15) is 5.82 Å². The number of anilines is 4. The summed E-state index contributed by atoms with van der Waals surface area (Å²) in [7, 11) is 0. The number of hydrogen-bond donors (Lipinski definition) is 4. The number of rotatable bonds is 4. The van der Waals surface area contributed by atoms with E-state index in [2.05, 4.69) is 21.1 Å². The number of nitrogens with one attached hydrogen (secondary N) is 3. The Bertz CT molecular complexity index is 1300. The maximum absolute atomic E-state index is 13.2. The number of aromatic nitrogens is 1. The van der Waals surface area contributed by atoms with Gasteiger partial charge in [0.15, 0.2) is 11.4 Å². The van der Waals surface area contributed by atoms with Gasteiger partial charge in [-0.2, -0.15) is 0 Å². The highest BCUT2D eigenvalue weighted by Crippen LogP contribution is 2.26. The molecule has 1 aromatic heterocycles. The molecule has 0 aliphatic heterocycles. The van der Waals surface area contributed by atoms with Gasteiger partial charge in [-0.25, -0.2) is 9.18 Å². The van der Waals surface area contributed by atoms with Crippen molar-refractivity contribution < 1.29 is 18.5 Å². The molecule has 0 spiro atoms. The van der Waals surface area contributed by atoms with E-state index in [0.717, 1.165) is 5.56 Å². The second kappa shape index (κ2) is 8.15. The molecular weight excluding hydrogens is 401 g/mol. The Labute approximate surface area is 176 Å². The minimum atomic E-state index is -0.514. The van der Waals surface area contributed by atoms with Gasteiger partial charge in [0.25, 0.3) is 5.91 Å². The Morgan fingerprint density at radius 1 is 0.968 bits per heavy atom.